The van der Waals surface area contributed by atoms with Crippen molar-refractivity contribution in [1.29, 1.82) is 0 Å². The van der Waals surface area contributed by atoms with Gasteiger partial charge in [-0.25, -0.2) is 5.43 Å². The minimum Gasteiger partial charge on any atom is -0.507 e. The summed E-state index contributed by atoms with van der Waals surface area (Å²) < 4.78 is 5.44. The largest absolute Gasteiger partial charge is 0.507 e. The van der Waals surface area contributed by atoms with Gasteiger partial charge in [0.15, 0.2) is 6.61 Å². The van der Waals surface area contributed by atoms with Crippen LogP contribution in [0.2, 0.25) is 5.02 Å². The van der Waals surface area contributed by atoms with Gasteiger partial charge in [0.2, 0.25) is 0 Å². The maximum atomic E-state index is 11.8. The fraction of sp³-hybridized carbons (Fsp3) is 0.100. The number of hydrazone groups is 1. The number of ether oxygens (including phenoxy) is 1. The van der Waals surface area contributed by atoms with Crippen LogP contribution in [-0.4, -0.2) is 23.8 Å². The van der Waals surface area contributed by atoms with Crippen LogP contribution in [0.3, 0.4) is 0 Å². The quantitative estimate of drug-likeness (QED) is 0.527. The highest BCUT2D eigenvalue weighted by Crippen LogP contribution is 2.27. The molecule has 2 N–H and O–H groups in total. The van der Waals surface area contributed by atoms with E-state index in [1.807, 2.05) is 37.3 Å². The molecule has 0 spiro atoms. The van der Waals surface area contributed by atoms with E-state index < -0.39 is 5.91 Å². The fourth-order valence-electron chi connectivity index (χ4n) is 2.50. The minimum absolute atomic E-state index is 0.120. The molecule has 0 unspecified atom stereocenters. The van der Waals surface area contributed by atoms with E-state index in [4.69, 9.17) is 16.3 Å². The summed E-state index contributed by atoms with van der Waals surface area (Å²) in [6, 6.07) is 16.3. The summed E-state index contributed by atoms with van der Waals surface area (Å²) in [6.07, 6.45) is 1.40. The summed E-state index contributed by atoms with van der Waals surface area (Å²) in [4.78, 5) is 11.8. The second kappa shape index (κ2) is 7.89. The highest BCUT2D eigenvalue weighted by Gasteiger charge is 2.06. The van der Waals surface area contributed by atoms with Crippen molar-refractivity contribution in [1.82, 2.24) is 5.43 Å². The number of rotatable bonds is 5. The van der Waals surface area contributed by atoms with E-state index in [0.29, 0.717) is 16.3 Å². The predicted octanol–water partition coefficient (Wildman–Crippen LogP) is 4.04. The molecule has 0 bridgehead atoms. The van der Waals surface area contributed by atoms with Gasteiger partial charge in [-0.15, -0.1) is 0 Å². The summed E-state index contributed by atoms with van der Waals surface area (Å²) >= 11 is 5.88. The van der Waals surface area contributed by atoms with Crippen molar-refractivity contribution in [3.05, 3.63) is 70.7 Å². The number of carbonyl (C=O) groups is 1. The number of nitrogens with one attached hydrogen (secondary N) is 1. The maximum Gasteiger partial charge on any atom is 0.277 e. The molecule has 5 nitrogen and oxygen atoms in total. The van der Waals surface area contributed by atoms with Crippen molar-refractivity contribution >= 4 is 34.5 Å². The van der Waals surface area contributed by atoms with Gasteiger partial charge in [0, 0.05) is 16.0 Å². The standard InChI is InChI=1S/C20H17ClN2O3/c1-13-10-16(21)8-9-18(13)26-12-19(24)23-22-11-15-7-6-14-4-2-3-5-17(14)20(15)25/h2-11,25H,12H2,1H3,(H,23,24)/b22-11+. The third kappa shape index (κ3) is 4.13. The van der Waals surface area contributed by atoms with Crippen LogP contribution < -0.4 is 10.2 Å². The zero-order chi connectivity index (χ0) is 18.5. The number of phenolic OH excluding ortho intramolecular Hbond substituents is 1. The van der Waals surface area contributed by atoms with Gasteiger partial charge in [0.05, 0.1) is 6.21 Å². The Morgan fingerprint density at radius 1 is 1.23 bits per heavy atom. The highest BCUT2D eigenvalue weighted by molar-refractivity contribution is 6.30. The summed E-state index contributed by atoms with van der Waals surface area (Å²) in [7, 11) is 0. The highest BCUT2D eigenvalue weighted by atomic mass is 35.5. The number of hydrogen-bond donors (Lipinski definition) is 2. The zero-order valence-electron chi connectivity index (χ0n) is 14.1. The number of fused-ring (bicyclic) bond motifs is 1. The number of phenols is 1. The van der Waals surface area contributed by atoms with Crippen molar-refractivity contribution in [2.24, 2.45) is 5.10 Å². The van der Waals surface area contributed by atoms with Gasteiger partial charge >= 0.3 is 0 Å². The molecule has 1 amide bonds. The molecule has 0 aromatic heterocycles. The van der Waals surface area contributed by atoms with E-state index in [1.54, 1.807) is 24.3 Å². The first-order valence-corrected chi connectivity index (χ1v) is 8.34. The molecule has 26 heavy (non-hydrogen) atoms. The number of halogens is 1. The molecule has 0 fully saturated rings. The summed E-state index contributed by atoms with van der Waals surface area (Å²) in [5.41, 5.74) is 3.73. The van der Waals surface area contributed by atoms with Crippen molar-refractivity contribution in [3.8, 4) is 11.5 Å². The third-order valence-corrected chi connectivity index (χ3v) is 4.06. The van der Waals surface area contributed by atoms with Crippen LogP contribution in [0.15, 0.2) is 59.7 Å². The van der Waals surface area contributed by atoms with E-state index in [1.165, 1.54) is 6.21 Å². The van der Waals surface area contributed by atoms with Crippen LogP contribution in [0.25, 0.3) is 10.8 Å². The smallest absolute Gasteiger partial charge is 0.277 e. The van der Waals surface area contributed by atoms with E-state index in [2.05, 4.69) is 10.5 Å². The summed E-state index contributed by atoms with van der Waals surface area (Å²) in [6.45, 7) is 1.67. The molecule has 0 aliphatic rings. The molecule has 3 aromatic rings. The van der Waals surface area contributed by atoms with E-state index in [9.17, 15) is 9.90 Å². The molecular formula is C20H17ClN2O3. The molecule has 0 saturated heterocycles. The maximum absolute atomic E-state index is 11.8. The summed E-state index contributed by atoms with van der Waals surface area (Å²) in [5, 5.41) is 16.4. The van der Waals surface area contributed by atoms with Crippen LogP contribution in [0, 0.1) is 6.92 Å². The summed E-state index contributed by atoms with van der Waals surface area (Å²) in [5.74, 6) is 0.297. The molecule has 0 aliphatic carbocycles. The van der Waals surface area contributed by atoms with Crippen LogP contribution in [0.1, 0.15) is 11.1 Å². The normalized spacial score (nSPS) is 11.0. The number of nitrogens with zero attached hydrogens (tertiary/aromatic N) is 1. The van der Waals surface area contributed by atoms with Gasteiger partial charge < -0.3 is 9.84 Å². The molecule has 132 valence electrons. The van der Waals surface area contributed by atoms with Gasteiger partial charge in [-0.1, -0.05) is 41.9 Å². The monoisotopic (exact) mass is 368 g/mol. The molecule has 0 heterocycles. The lowest BCUT2D eigenvalue weighted by Gasteiger charge is -2.08. The second-order valence-corrected chi connectivity index (χ2v) is 6.15. The topological polar surface area (TPSA) is 70.9 Å². The Morgan fingerprint density at radius 2 is 2.04 bits per heavy atom. The Kier molecular flexibility index (Phi) is 5.39. The van der Waals surface area contributed by atoms with Gasteiger partial charge in [0.1, 0.15) is 11.5 Å². The Balaban J connectivity index is 1.60. The van der Waals surface area contributed by atoms with Crippen LogP contribution >= 0.6 is 11.6 Å². The average Bonchev–Trinajstić information content (AvgIpc) is 2.63. The van der Waals surface area contributed by atoms with Crippen LogP contribution in [0.4, 0.5) is 0 Å². The zero-order valence-corrected chi connectivity index (χ0v) is 14.8. The Hall–Kier alpha value is -3.05. The van der Waals surface area contributed by atoms with Crippen molar-refractivity contribution in [3.63, 3.8) is 0 Å². The average molecular weight is 369 g/mol. The molecular weight excluding hydrogens is 352 g/mol. The fourth-order valence-corrected chi connectivity index (χ4v) is 2.73. The lowest BCUT2D eigenvalue weighted by molar-refractivity contribution is -0.123. The molecule has 0 radical (unpaired) electrons. The number of amides is 1. The third-order valence-electron chi connectivity index (χ3n) is 3.82. The minimum atomic E-state index is -0.407. The van der Waals surface area contributed by atoms with Crippen LogP contribution in [-0.2, 0) is 4.79 Å². The van der Waals surface area contributed by atoms with Crippen molar-refractivity contribution in [2.75, 3.05) is 6.61 Å². The lowest BCUT2D eigenvalue weighted by atomic mass is 10.1. The van der Waals surface area contributed by atoms with E-state index in [-0.39, 0.29) is 12.4 Å². The predicted molar refractivity (Wildman–Crippen MR) is 103 cm³/mol. The number of hydrogen-bond acceptors (Lipinski definition) is 4. The van der Waals surface area contributed by atoms with Crippen molar-refractivity contribution in [2.45, 2.75) is 6.92 Å². The lowest BCUT2D eigenvalue weighted by Crippen LogP contribution is -2.24. The SMILES string of the molecule is Cc1cc(Cl)ccc1OCC(=O)N/N=C/c1ccc2ccccc2c1O. The molecule has 3 rings (SSSR count). The first kappa shape index (κ1) is 17.8. The molecule has 0 atom stereocenters. The van der Waals surface area contributed by atoms with Crippen LogP contribution in [0.5, 0.6) is 11.5 Å². The molecule has 6 heteroatoms. The van der Waals surface area contributed by atoms with Gasteiger partial charge in [0.25, 0.3) is 5.91 Å². The first-order chi connectivity index (χ1) is 12.5. The van der Waals surface area contributed by atoms with E-state index >= 15 is 0 Å². The Bertz CT molecular complexity index is 986. The number of aromatic hydroxyl groups is 1. The van der Waals surface area contributed by atoms with E-state index in [0.717, 1.165) is 16.3 Å². The second-order valence-electron chi connectivity index (χ2n) is 5.72. The first-order valence-electron chi connectivity index (χ1n) is 7.96. The number of aryl methyl sites for hydroxylation is 1. The van der Waals surface area contributed by atoms with Gasteiger partial charge in [-0.2, -0.15) is 5.10 Å². The molecule has 3 aromatic carbocycles. The van der Waals surface area contributed by atoms with Gasteiger partial charge in [-0.05, 0) is 42.1 Å². The molecule has 0 aliphatic heterocycles. The number of carbonyl (C=O) groups excluding carboxylic acids is 1. The van der Waals surface area contributed by atoms with Crippen molar-refractivity contribution < 1.29 is 14.6 Å². The Labute approximate surface area is 155 Å². The molecule has 0 saturated carbocycles. The Morgan fingerprint density at radius 3 is 2.85 bits per heavy atom. The van der Waals surface area contributed by atoms with Gasteiger partial charge in [-0.3, -0.25) is 4.79 Å². The number of benzene rings is 3.